The minimum Gasteiger partial charge on any atom is -0.396 e. The van der Waals surface area contributed by atoms with Crippen LogP contribution in [0.4, 0.5) is 0 Å². The molecule has 0 fully saturated rings. The van der Waals surface area contributed by atoms with Crippen molar-refractivity contribution >= 4 is 8.56 Å². The van der Waals surface area contributed by atoms with Gasteiger partial charge in [0.2, 0.25) is 0 Å². The number of hydrogen-bond donors (Lipinski definition) is 1. The lowest BCUT2D eigenvalue weighted by molar-refractivity contribution is 0.110. The summed E-state index contributed by atoms with van der Waals surface area (Å²) >= 11 is 0. The van der Waals surface area contributed by atoms with Gasteiger partial charge < -0.3 is 14.6 Å². The third kappa shape index (κ3) is 3.27. The molecule has 4 nitrogen and oxygen atoms in total. The van der Waals surface area contributed by atoms with Crippen LogP contribution < -0.4 is 5.73 Å². The molecule has 5 heteroatoms. The van der Waals surface area contributed by atoms with Gasteiger partial charge in [0.15, 0.2) is 0 Å². The molecular weight excluding hydrogens is 220 g/mol. The van der Waals surface area contributed by atoms with Crippen molar-refractivity contribution < 1.29 is 8.85 Å². The third-order valence-corrected chi connectivity index (χ3v) is 7.30. The Morgan fingerprint density at radius 2 is 1.88 bits per heavy atom. The summed E-state index contributed by atoms with van der Waals surface area (Å²) in [5.74, 6) is 0. The van der Waals surface area contributed by atoms with Crippen molar-refractivity contribution in [2.24, 2.45) is 5.73 Å². The van der Waals surface area contributed by atoms with Gasteiger partial charge >= 0.3 is 8.56 Å². The van der Waals surface area contributed by atoms with E-state index in [-0.39, 0.29) is 0 Å². The van der Waals surface area contributed by atoms with Crippen molar-refractivity contribution in [3.05, 3.63) is 0 Å². The van der Waals surface area contributed by atoms with E-state index in [1.807, 2.05) is 25.5 Å². The van der Waals surface area contributed by atoms with Crippen LogP contribution in [-0.2, 0) is 8.85 Å². The summed E-state index contributed by atoms with van der Waals surface area (Å²) in [6.45, 7) is 7.01. The summed E-state index contributed by atoms with van der Waals surface area (Å²) < 4.78 is 11.6. The van der Waals surface area contributed by atoms with Gasteiger partial charge in [-0.1, -0.05) is 20.3 Å². The second-order valence-corrected chi connectivity index (χ2v) is 7.98. The molecule has 0 radical (unpaired) electrons. The van der Waals surface area contributed by atoms with Crippen LogP contribution in [0.5, 0.6) is 0 Å². The molecule has 0 aliphatic carbocycles. The Morgan fingerprint density at radius 1 is 1.31 bits per heavy atom. The first-order chi connectivity index (χ1) is 7.38. The summed E-state index contributed by atoms with van der Waals surface area (Å²) in [4.78, 5) is 2.02. The molecule has 0 aromatic rings. The standard InChI is InChI=1S/C11H28N2O2Si/c1-7-9-10-15-16(6,14-5)11(12,8-2)13(3)4/h7-10,12H2,1-6H3. The zero-order valence-electron chi connectivity index (χ0n) is 11.7. The average Bonchev–Trinajstić information content (AvgIpc) is 2.27. The van der Waals surface area contributed by atoms with Crippen molar-refractivity contribution in [2.75, 3.05) is 27.8 Å². The van der Waals surface area contributed by atoms with E-state index in [9.17, 15) is 0 Å². The van der Waals surface area contributed by atoms with Gasteiger partial charge in [0.05, 0.1) is 0 Å². The Bertz CT molecular complexity index is 204. The van der Waals surface area contributed by atoms with Crippen LogP contribution in [0.15, 0.2) is 0 Å². The fourth-order valence-electron chi connectivity index (χ4n) is 1.82. The molecule has 0 aliphatic heterocycles. The fourth-order valence-corrected chi connectivity index (χ4v) is 4.53. The summed E-state index contributed by atoms with van der Waals surface area (Å²) in [5.41, 5.74) is 6.45. The van der Waals surface area contributed by atoms with Crippen LogP contribution in [0.3, 0.4) is 0 Å². The predicted molar refractivity (Wildman–Crippen MR) is 70.4 cm³/mol. The first-order valence-corrected chi connectivity index (χ1v) is 8.35. The molecule has 98 valence electrons. The van der Waals surface area contributed by atoms with Crippen molar-refractivity contribution in [1.29, 1.82) is 0 Å². The molecule has 16 heavy (non-hydrogen) atoms. The molecular formula is C11H28N2O2Si. The monoisotopic (exact) mass is 248 g/mol. The second-order valence-electron chi connectivity index (χ2n) is 4.52. The van der Waals surface area contributed by atoms with E-state index in [4.69, 9.17) is 14.6 Å². The quantitative estimate of drug-likeness (QED) is 0.403. The van der Waals surface area contributed by atoms with Gasteiger partial charge in [0.1, 0.15) is 5.29 Å². The molecule has 2 atom stereocenters. The largest absolute Gasteiger partial charge is 0.396 e. The summed E-state index contributed by atoms with van der Waals surface area (Å²) in [5, 5.41) is -0.477. The second kappa shape index (κ2) is 6.71. The predicted octanol–water partition coefficient (Wildman–Crippen LogP) is 1.69. The van der Waals surface area contributed by atoms with Crippen molar-refractivity contribution in [1.82, 2.24) is 4.90 Å². The third-order valence-electron chi connectivity index (χ3n) is 3.39. The van der Waals surface area contributed by atoms with Gasteiger partial charge in [-0.2, -0.15) is 0 Å². The molecule has 0 aromatic heterocycles. The molecule has 0 spiro atoms. The lowest BCUT2D eigenvalue weighted by Crippen LogP contribution is -2.72. The van der Waals surface area contributed by atoms with Gasteiger partial charge in [-0.05, 0) is 33.5 Å². The molecule has 0 amide bonds. The maximum Gasteiger partial charge on any atom is 0.370 e. The van der Waals surface area contributed by atoms with E-state index in [0.717, 1.165) is 25.9 Å². The highest BCUT2D eigenvalue weighted by Gasteiger charge is 2.52. The first-order valence-electron chi connectivity index (χ1n) is 6.03. The van der Waals surface area contributed by atoms with Gasteiger partial charge in [0, 0.05) is 13.7 Å². The number of rotatable bonds is 8. The molecule has 2 unspecified atom stereocenters. The maximum atomic E-state index is 6.45. The molecule has 0 saturated heterocycles. The van der Waals surface area contributed by atoms with Crippen LogP contribution in [0.25, 0.3) is 0 Å². The van der Waals surface area contributed by atoms with Crippen molar-refractivity contribution in [3.8, 4) is 0 Å². The Morgan fingerprint density at radius 3 is 2.19 bits per heavy atom. The Kier molecular flexibility index (Phi) is 6.73. The number of nitrogens with two attached hydrogens (primary N) is 1. The average molecular weight is 248 g/mol. The molecule has 0 bridgehead atoms. The van der Waals surface area contributed by atoms with Gasteiger partial charge in [-0.15, -0.1) is 0 Å². The van der Waals surface area contributed by atoms with E-state index < -0.39 is 13.8 Å². The highest BCUT2D eigenvalue weighted by Crippen LogP contribution is 2.26. The Balaban J connectivity index is 4.75. The molecule has 2 N–H and O–H groups in total. The van der Waals surface area contributed by atoms with Crippen molar-refractivity contribution in [3.63, 3.8) is 0 Å². The number of unbranched alkanes of at least 4 members (excludes halogenated alkanes) is 1. The SMILES string of the molecule is CCCCO[Si](C)(OC)C(N)(CC)N(C)C. The van der Waals surface area contributed by atoms with E-state index in [0.29, 0.717) is 0 Å². The Hall–Kier alpha value is 0.0569. The minimum absolute atomic E-state index is 0.477. The fraction of sp³-hybridized carbons (Fsp3) is 1.00. The summed E-state index contributed by atoms with van der Waals surface area (Å²) in [7, 11) is 3.30. The lowest BCUT2D eigenvalue weighted by atomic mass is 10.3. The Labute approximate surface area is 101 Å². The minimum atomic E-state index is -2.37. The van der Waals surface area contributed by atoms with Gasteiger partial charge in [-0.3, -0.25) is 4.90 Å². The molecule has 0 aromatic carbocycles. The molecule has 0 heterocycles. The van der Waals surface area contributed by atoms with Gasteiger partial charge in [0.25, 0.3) is 0 Å². The number of nitrogens with zero attached hydrogens (tertiary/aromatic N) is 1. The van der Waals surface area contributed by atoms with E-state index >= 15 is 0 Å². The summed E-state index contributed by atoms with van der Waals surface area (Å²) in [6, 6.07) is 0. The molecule has 0 aliphatic rings. The number of hydrogen-bond acceptors (Lipinski definition) is 4. The zero-order chi connectivity index (χ0) is 12.8. The van der Waals surface area contributed by atoms with E-state index in [1.165, 1.54) is 0 Å². The molecule has 0 saturated carbocycles. The van der Waals surface area contributed by atoms with E-state index in [1.54, 1.807) is 7.11 Å². The smallest absolute Gasteiger partial charge is 0.370 e. The summed E-state index contributed by atoms with van der Waals surface area (Å²) in [6.07, 6.45) is 3.00. The normalized spacial score (nSPS) is 19.5. The zero-order valence-corrected chi connectivity index (χ0v) is 12.7. The maximum absolute atomic E-state index is 6.45. The van der Waals surface area contributed by atoms with Crippen molar-refractivity contribution in [2.45, 2.75) is 44.9 Å². The highest BCUT2D eigenvalue weighted by molar-refractivity contribution is 6.69. The van der Waals surface area contributed by atoms with Crippen LogP contribution in [0.1, 0.15) is 33.1 Å². The van der Waals surface area contributed by atoms with Crippen LogP contribution in [0.2, 0.25) is 6.55 Å². The van der Waals surface area contributed by atoms with Crippen LogP contribution in [-0.4, -0.2) is 46.6 Å². The lowest BCUT2D eigenvalue weighted by Gasteiger charge is -2.45. The van der Waals surface area contributed by atoms with Crippen LogP contribution in [0, 0.1) is 0 Å². The molecule has 0 rings (SSSR count). The topological polar surface area (TPSA) is 47.7 Å². The highest BCUT2D eigenvalue weighted by atomic mass is 28.4. The van der Waals surface area contributed by atoms with E-state index in [2.05, 4.69) is 13.8 Å². The van der Waals surface area contributed by atoms with Gasteiger partial charge in [-0.25, -0.2) is 0 Å². The first kappa shape index (κ1) is 16.1. The van der Waals surface area contributed by atoms with Crippen LogP contribution >= 0.6 is 0 Å².